The number of hydrogen-bond donors (Lipinski definition) is 1. The third-order valence-electron chi connectivity index (χ3n) is 5.08. The number of anilines is 1. The van der Waals surface area contributed by atoms with E-state index >= 15 is 0 Å². The van der Waals surface area contributed by atoms with Gasteiger partial charge in [-0.2, -0.15) is 0 Å². The minimum Gasteiger partial charge on any atom is -0.450 e. The van der Waals surface area contributed by atoms with Crippen LogP contribution in [0.2, 0.25) is 0 Å². The lowest BCUT2D eigenvalue weighted by atomic mass is 10.1. The molecule has 2 heterocycles. The van der Waals surface area contributed by atoms with Gasteiger partial charge in [0.05, 0.1) is 4.91 Å². The lowest BCUT2D eigenvalue weighted by Gasteiger charge is -2.13. The van der Waals surface area contributed by atoms with Gasteiger partial charge in [0.2, 0.25) is 5.91 Å². The van der Waals surface area contributed by atoms with Crippen molar-refractivity contribution in [2.45, 2.75) is 9.99 Å². The molecule has 1 N–H and O–H groups in total. The minimum atomic E-state index is -0.517. The van der Waals surface area contributed by atoms with Gasteiger partial charge in [-0.05, 0) is 47.5 Å². The van der Waals surface area contributed by atoms with Gasteiger partial charge in [0.15, 0.2) is 5.09 Å². The van der Waals surface area contributed by atoms with E-state index in [1.807, 2.05) is 72.8 Å². The van der Waals surface area contributed by atoms with Crippen molar-refractivity contribution in [2.24, 2.45) is 0 Å². The van der Waals surface area contributed by atoms with Crippen LogP contribution in [0.5, 0.6) is 0 Å². The van der Waals surface area contributed by atoms with Crippen molar-refractivity contribution < 1.29 is 18.8 Å². The van der Waals surface area contributed by atoms with E-state index in [0.717, 1.165) is 32.3 Å². The average Bonchev–Trinajstić information content (AvgIpc) is 3.39. The summed E-state index contributed by atoms with van der Waals surface area (Å²) >= 11 is 2.25. The van der Waals surface area contributed by atoms with E-state index in [1.165, 1.54) is 17.8 Å². The van der Waals surface area contributed by atoms with E-state index < -0.39 is 17.1 Å². The van der Waals surface area contributed by atoms with Crippen LogP contribution in [0.1, 0.15) is 5.76 Å². The maximum absolute atomic E-state index is 12.8. The highest BCUT2D eigenvalue weighted by Gasteiger charge is 2.36. The van der Waals surface area contributed by atoms with Crippen molar-refractivity contribution in [3.8, 4) is 0 Å². The average molecular weight is 487 g/mol. The number of thioether (sulfide) groups is 1. The molecule has 1 aromatic heterocycles. The van der Waals surface area contributed by atoms with Crippen molar-refractivity contribution >= 4 is 63.1 Å². The zero-order valence-electron chi connectivity index (χ0n) is 17.8. The van der Waals surface area contributed by atoms with E-state index in [2.05, 4.69) is 5.32 Å². The Morgan fingerprint density at radius 3 is 2.56 bits per heavy atom. The molecule has 168 valence electrons. The number of benzene rings is 3. The summed E-state index contributed by atoms with van der Waals surface area (Å²) in [5, 5.41) is 4.86. The molecule has 0 bridgehead atoms. The zero-order chi connectivity index (χ0) is 23.5. The second kappa shape index (κ2) is 9.62. The molecular formula is C26H18N2O4S2. The topological polar surface area (TPSA) is 79.6 Å². The van der Waals surface area contributed by atoms with Crippen LogP contribution >= 0.6 is 23.5 Å². The Hall–Kier alpha value is -3.75. The predicted octanol–water partition coefficient (Wildman–Crippen LogP) is 6.26. The van der Waals surface area contributed by atoms with Gasteiger partial charge in [-0.25, -0.2) is 0 Å². The van der Waals surface area contributed by atoms with Crippen LogP contribution in [-0.2, 0) is 9.59 Å². The lowest BCUT2D eigenvalue weighted by Crippen LogP contribution is -2.36. The normalized spacial score (nSPS) is 14.8. The Bertz CT molecular complexity index is 1420. The number of furan rings is 1. The summed E-state index contributed by atoms with van der Waals surface area (Å²) in [4.78, 5) is 40.1. The number of carbonyl (C=O) groups is 3. The molecule has 1 aliphatic rings. The molecule has 5 rings (SSSR count). The van der Waals surface area contributed by atoms with E-state index in [9.17, 15) is 14.4 Å². The molecule has 34 heavy (non-hydrogen) atoms. The number of rotatable bonds is 6. The van der Waals surface area contributed by atoms with Crippen LogP contribution in [0.4, 0.5) is 10.5 Å². The molecule has 0 unspecified atom stereocenters. The molecule has 8 heteroatoms. The number of fused-ring (bicyclic) bond motifs is 1. The second-order valence-electron chi connectivity index (χ2n) is 7.41. The van der Waals surface area contributed by atoms with E-state index in [-0.39, 0.29) is 11.4 Å². The maximum Gasteiger partial charge on any atom is 0.294 e. The molecule has 3 amide bonds. The molecule has 0 radical (unpaired) electrons. The Morgan fingerprint density at radius 2 is 1.71 bits per heavy atom. The number of imide groups is 1. The summed E-state index contributed by atoms with van der Waals surface area (Å²) in [7, 11) is 0. The van der Waals surface area contributed by atoms with Crippen molar-refractivity contribution in [3.05, 3.63) is 95.6 Å². The highest BCUT2D eigenvalue weighted by molar-refractivity contribution is 8.18. The fraction of sp³-hybridized carbons (Fsp3) is 0.0385. The molecule has 1 aliphatic heterocycles. The van der Waals surface area contributed by atoms with Gasteiger partial charge >= 0.3 is 0 Å². The highest BCUT2D eigenvalue weighted by Crippen LogP contribution is 2.34. The summed E-state index contributed by atoms with van der Waals surface area (Å²) in [6.07, 6.45) is 1.53. The smallest absolute Gasteiger partial charge is 0.294 e. The lowest BCUT2D eigenvalue weighted by molar-refractivity contribution is -0.127. The van der Waals surface area contributed by atoms with Gasteiger partial charge in [0.1, 0.15) is 12.3 Å². The summed E-state index contributed by atoms with van der Waals surface area (Å²) < 4.78 is 5.78. The van der Waals surface area contributed by atoms with Crippen molar-refractivity contribution in [3.63, 3.8) is 0 Å². The molecule has 0 saturated carbocycles. The van der Waals surface area contributed by atoms with Crippen LogP contribution in [0, 0.1) is 0 Å². The second-order valence-corrected chi connectivity index (χ2v) is 9.49. The van der Waals surface area contributed by atoms with Crippen LogP contribution in [-0.4, -0.2) is 28.5 Å². The molecule has 0 atom stereocenters. The fourth-order valence-electron chi connectivity index (χ4n) is 3.50. The molecule has 0 aliphatic carbocycles. The Kier molecular flexibility index (Phi) is 6.24. The van der Waals surface area contributed by atoms with Crippen LogP contribution < -0.4 is 5.32 Å². The predicted molar refractivity (Wildman–Crippen MR) is 135 cm³/mol. The first-order chi connectivity index (χ1) is 16.6. The summed E-state index contributed by atoms with van der Waals surface area (Å²) in [6.45, 7) is -0.363. The summed E-state index contributed by atoms with van der Waals surface area (Å²) in [5.41, 5.74) is 0.629. The van der Waals surface area contributed by atoms with Crippen LogP contribution in [0.25, 0.3) is 16.8 Å². The zero-order valence-corrected chi connectivity index (χ0v) is 19.4. The molecule has 4 aromatic rings. The molecule has 6 nitrogen and oxygen atoms in total. The van der Waals surface area contributed by atoms with Crippen LogP contribution in [0.3, 0.4) is 0 Å². The molecular weight excluding hydrogens is 468 g/mol. The third-order valence-corrected chi connectivity index (χ3v) is 6.91. The van der Waals surface area contributed by atoms with Gasteiger partial charge in [0, 0.05) is 22.0 Å². The van der Waals surface area contributed by atoms with E-state index in [4.69, 9.17) is 4.42 Å². The van der Waals surface area contributed by atoms with Gasteiger partial charge < -0.3 is 9.73 Å². The molecule has 0 spiro atoms. The minimum absolute atomic E-state index is 0.216. The number of carbonyl (C=O) groups excluding carboxylic acids is 3. The SMILES string of the molecule is O=C(CN1C(=O)S/C(=C\c2ccc(Sc3ccccc3)o2)C1=O)Nc1cccc2ccccc12. The number of amides is 3. The quantitative estimate of drug-likeness (QED) is 0.324. The third kappa shape index (κ3) is 4.78. The largest absolute Gasteiger partial charge is 0.450 e. The Balaban J connectivity index is 1.26. The fourth-order valence-corrected chi connectivity index (χ4v) is 5.12. The molecule has 1 saturated heterocycles. The van der Waals surface area contributed by atoms with Gasteiger partial charge in [0.25, 0.3) is 11.1 Å². The molecule has 3 aromatic carbocycles. The first-order valence-corrected chi connectivity index (χ1v) is 12.1. The first-order valence-electron chi connectivity index (χ1n) is 10.4. The highest BCUT2D eigenvalue weighted by atomic mass is 32.2. The first kappa shape index (κ1) is 22.1. The Labute approximate surface area is 204 Å². The van der Waals surface area contributed by atoms with E-state index in [1.54, 1.807) is 12.1 Å². The maximum atomic E-state index is 12.8. The van der Waals surface area contributed by atoms with E-state index in [0.29, 0.717) is 16.5 Å². The number of nitrogens with zero attached hydrogens (tertiary/aromatic N) is 1. The number of nitrogens with one attached hydrogen (secondary N) is 1. The summed E-state index contributed by atoms with van der Waals surface area (Å²) in [6, 6.07) is 26.6. The van der Waals surface area contributed by atoms with Gasteiger partial charge in [-0.15, -0.1) is 0 Å². The Morgan fingerprint density at radius 1 is 0.941 bits per heavy atom. The monoisotopic (exact) mass is 486 g/mol. The van der Waals surface area contributed by atoms with Crippen molar-refractivity contribution in [1.29, 1.82) is 0 Å². The van der Waals surface area contributed by atoms with Crippen molar-refractivity contribution in [2.75, 3.05) is 11.9 Å². The molecule has 1 fully saturated rings. The standard InChI is InChI=1S/C26H18N2O4S2/c29-23(27-21-12-6-8-17-7-4-5-11-20(17)21)16-28-25(30)22(34-26(28)31)15-18-13-14-24(32-18)33-19-9-2-1-3-10-19/h1-15H,16H2,(H,27,29)/b22-15-. The van der Waals surface area contributed by atoms with Crippen LogP contribution in [0.15, 0.2) is 104 Å². The number of hydrogen-bond acceptors (Lipinski definition) is 6. The van der Waals surface area contributed by atoms with Gasteiger partial charge in [-0.3, -0.25) is 19.3 Å². The summed E-state index contributed by atoms with van der Waals surface area (Å²) in [5.74, 6) is -0.500. The van der Waals surface area contributed by atoms with Crippen molar-refractivity contribution in [1.82, 2.24) is 4.90 Å². The van der Waals surface area contributed by atoms with Gasteiger partial charge in [-0.1, -0.05) is 66.4 Å².